The third kappa shape index (κ3) is 9.77. The number of hydrogen-bond acceptors (Lipinski definition) is 4. The lowest BCUT2D eigenvalue weighted by Crippen LogP contribution is -2.35. The Morgan fingerprint density at radius 3 is 2.68 bits per heavy atom. The molecule has 0 aliphatic carbocycles. The van der Waals surface area contributed by atoms with Crippen LogP contribution in [0.5, 0.6) is 0 Å². The van der Waals surface area contributed by atoms with Crippen molar-refractivity contribution >= 4 is 6.09 Å². The highest BCUT2D eigenvalue weighted by atomic mass is 16.6. The Bertz CT molecular complexity index is 364. The van der Waals surface area contributed by atoms with Gasteiger partial charge in [0.05, 0.1) is 6.61 Å². The van der Waals surface area contributed by atoms with Crippen molar-refractivity contribution in [3.63, 3.8) is 0 Å². The summed E-state index contributed by atoms with van der Waals surface area (Å²) in [5, 5.41) is 4.16. The van der Waals surface area contributed by atoms with Crippen LogP contribution in [0.3, 0.4) is 0 Å². The van der Waals surface area contributed by atoms with Gasteiger partial charge in [-0.05, 0) is 32.4 Å². The molecule has 0 aliphatic rings. The van der Waals surface area contributed by atoms with Gasteiger partial charge in [-0.25, -0.2) is 0 Å². The SMILES string of the molecule is C#CCCCOCCN(N=[N+]=[N-])C(=O)OC(C)(C)C. The molecular weight excluding hydrogens is 248 g/mol. The molecule has 7 heteroatoms. The van der Waals surface area contributed by atoms with Crippen molar-refractivity contribution in [3.05, 3.63) is 10.4 Å². The van der Waals surface area contributed by atoms with Crippen LogP contribution in [0.1, 0.15) is 33.6 Å². The predicted molar refractivity (Wildman–Crippen MR) is 71.0 cm³/mol. The molecule has 0 bridgehead atoms. The van der Waals surface area contributed by atoms with E-state index in [1.807, 2.05) is 0 Å². The molecule has 0 N–H and O–H groups in total. The minimum atomic E-state index is -0.697. The maximum Gasteiger partial charge on any atom is 0.510 e. The lowest BCUT2D eigenvalue weighted by atomic mass is 10.2. The Labute approximate surface area is 113 Å². The first-order valence-electron chi connectivity index (χ1n) is 5.97. The standard InChI is InChI=1S/C12H20N4O3/c1-5-6-7-9-18-10-8-16(15-14-13)11(17)19-12(2,3)4/h1H,6-10H2,2-4H3. The number of terminal acetylenes is 1. The number of carbonyl (C=O) groups excluding carboxylic acids is 1. The van der Waals surface area contributed by atoms with E-state index >= 15 is 0 Å². The van der Waals surface area contributed by atoms with E-state index in [1.165, 1.54) is 0 Å². The number of azide groups is 1. The van der Waals surface area contributed by atoms with Gasteiger partial charge in [0.2, 0.25) is 0 Å². The summed E-state index contributed by atoms with van der Waals surface area (Å²) in [6.07, 6.45) is 5.80. The highest BCUT2D eigenvalue weighted by Gasteiger charge is 2.25. The van der Waals surface area contributed by atoms with E-state index in [9.17, 15) is 4.79 Å². The van der Waals surface area contributed by atoms with Crippen molar-refractivity contribution < 1.29 is 14.3 Å². The van der Waals surface area contributed by atoms with Crippen LogP contribution < -0.4 is 0 Å². The molecule has 0 aromatic rings. The second-order valence-electron chi connectivity index (χ2n) is 4.70. The van der Waals surface area contributed by atoms with Crippen LogP contribution in [-0.2, 0) is 9.47 Å². The summed E-state index contributed by atoms with van der Waals surface area (Å²) < 4.78 is 10.4. The van der Waals surface area contributed by atoms with E-state index in [4.69, 9.17) is 21.4 Å². The molecule has 0 saturated heterocycles. The first kappa shape index (κ1) is 17.1. The third-order valence-electron chi connectivity index (χ3n) is 1.81. The normalized spacial score (nSPS) is 10.2. The molecule has 1 amide bonds. The summed E-state index contributed by atoms with van der Waals surface area (Å²) >= 11 is 0. The van der Waals surface area contributed by atoms with Gasteiger partial charge in [-0.1, -0.05) is 0 Å². The molecule has 0 rings (SSSR count). The molecule has 0 atom stereocenters. The number of rotatable bonds is 7. The molecule has 0 aromatic heterocycles. The van der Waals surface area contributed by atoms with E-state index in [2.05, 4.69) is 16.1 Å². The first-order valence-corrected chi connectivity index (χ1v) is 5.97. The lowest BCUT2D eigenvalue weighted by molar-refractivity contribution is 0.0174. The largest absolute Gasteiger partial charge is 0.510 e. The lowest BCUT2D eigenvalue weighted by Gasteiger charge is -2.20. The monoisotopic (exact) mass is 268 g/mol. The van der Waals surface area contributed by atoms with Crippen LogP contribution in [-0.4, -0.2) is 36.5 Å². The van der Waals surface area contributed by atoms with Crippen molar-refractivity contribution in [2.24, 2.45) is 5.22 Å². The second-order valence-corrected chi connectivity index (χ2v) is 4.70. The topological polar surface area (TPSA) is 87.5 Å². The Balaban J connectivity index is 4.10. The van der Waals surface area contributed by atoms with Gasteiger partial charge in [0.1, 0.15) is 12.1 Å². The number of nitrogens with zero attached hydrogens (tertiary/aromatic N) is 4. The summed E-state index contributed by atoms with van der Waals surface area (Å²) in [4.78, 5) is 14.3. The predicted octanol–water partition coefficient (Wildman–Crippen LogP) is 2.88. The Kier molecular flexibility index (Phi) is 8.18. The van der Waals surface area contributed by atoms with Crippen molar-refractivity contribution in [2.45, 2.75) is 39.2 Å². The van der Waals surface area contributed by atoms with Gasteiger partial charge in [-0.2, -0.15) is 9.71 Å². The van der Waals surface area contributed by atoms with Crippen molar-refractivity contribution in [1.82, 2.24) is 5.01 Å². The smallest absolute Gasteiger partial charge is 0.425 e. The van der Waals surface area contributed by atoms with E-state index in [0.717, 1.165) is 11.4 Å². The zero-order valence-electron chi connectivity index (χ0n) is 11.6. The number of unbranched alkanes of at least 4 members (excludes halogenated alkanes) is 1. The molecule has 0 aromatic carbocycles. The molecule has 106 valence electrons. The van der Waals surface area contributed by atoms with Gasteiger partial charge in [0.25, 0.3) is 0 Å². The molecule has 0 radical (unpaired) electrons. The Morgan fingerprint density at radius 2 is 2.16 bits per heavy atom. The maximum atomic E-state index is 11.7. The van der Waals surface area contributed by atoms with Gasteiger partial charge in [-0.3, -0.25) is 0 Å². The summed E-state index contributed by atoms with van der Waals surface area (Å²) in [6.45, 7) is 6.08. The van der Waals surface area contributed by atoms with Crippen molar-refractivity contribution in [3.8, 4) is 12.3 Å². The molecular formula is C12H20N4O3. The van der Waals surface area contributed by atoms with Gasteiger partial charge in [0.15, 0.2) is 0 Å². The molecule has 0 unspecified atom stereocenters. The van der Waals surface area contributed by atoms with Crippen LogP contribution in [0.4, 0.5) is 4.79 Å². The van der Waals surface area contributed by atoms with E-state index in [1.54, 1.807) is 20.8 Å². The third-order valence-corrected chi connectivity index (χ3v) is 1.81. The van der Waals surface area contributed by atoms with Gasteiger partial charge in [0, 0.05) is 13.0 Å². The zero-order valence-corrected chi connectivity index (χ0v) is 11.6. The fourth-order valence-electron chi connectivity index (χ4n) is 1.06. The fraction of sp³-hybridized carbons (Fsp3) is 0.750. The Morgan fingerprint density at radius 1 is 1.47 bits per heavy atom. The molecule has 7 nitrogen and oxygen atoms in total. The summed E-state index contributed by atoms with van der Waals surface area (Å²) in [7, 11) is 0. The molecule has 0 saturated carbocycles. The van der Waals surface area contributed by atoms with Crippen molar-refractivity contribution in [1.29, 1.82) is 0 Å². The highest BCUT2D eigenvalue weighted by Crippen LogP contribution is 2.10. The molecule has 0 aliphatic heterocycles. The number of ether oxygens (including phenoxy) is 2. The summed E-state index contributed by atoms with van der Waals surface area (Å²) in [5.74, 6) is 2.50. The average molecular weight is 268 g/mol. The zero-order chi connectivity index (χ0) is 14.7. The van der Waals surface area contributed by atoms with Crippen molar-refractivity contribution in [2.75, 3.05) is 19.8 Å². The number of amides is 1. The minimum absolute atomic E-state index is 0.134. The number of hydrogen-bond donors (Lipinski definition) is 0. The first-order chi connectivity index (χ1) is 8.90. The molecule has 0 heterocycles. The second kappa shape index (κ2) is 9.09. The van der Waals surface area contributed by atoms with Crippen LogP contribution in [0.15, 0.2) is 5.22 Å². The van der Waals surface area contributed by atoms with E-state index in [-0.39, 0.29) is 13.2 Å². The van der Waals surface area contributed by atoms with Crippen LogP contribution in [0.25, 0.3) is 10.4 Å². The average Bonchev–Trinajstić information content (AvgIpc) is 2.30. The van der Waals surface area contributed by atoms with E-state index < -0.39 is 11.7 Å². The fourth-order valence-corrected chi connectivity index (χ4v) is 1.06. The molecule has 0 spiro atoms. The quantitative estimate of drug-likeness (QED) is 0.177. The Hall–Kier alpha value is -1.90. The van der Waals surface area contributed by atoms with Crippen LogP contribution >= 0.6 is 0 Å². The molecule has 0 fully saturated rings. The van der Waals surface area contributed by atoms with Crippen LogP contribution in [0, 0.1) is 12.3 Å². The summed E-state index contributed by atoms with van der Waals surface area (Å²) in [5.41, 5.74) is 7.76. The van der Waals surface area contributed by atoms with Crippen LogP contribution in [0.2, 0.25) is 0 Å². The van der Waals surface area contributed by atoms with Gasteiger partial charge in [-0.15, -0.1) is 22.9 Å². The minimum Gasteiger partial charge on any atom is -0.425 e. The maximum absolute atomic E-state index is 11.7. The van der Waals surface area contributed by atoms with Gasteiger partial charge < -0.3 is 9.47 Å². The molecule has 19 heavy (non-hydrogen) atoms. The highest BCUT2D eigenvalue weighted by molar-refractivity contribution is 5.67. The summed E-state index contributed by atoms with van der Waals surface area (Å²) in [6, 6.07) is 0. The number of carbonyl (C=O) groups is 1. The van der Waals surface area contributed by atoms with Gasteiger partial charge >= 0.3 is 6.09 Å². The van der Waals surface area contributed by atoms with E-state index in [0.29, 0.717) is 13.0 Å².